The molecular weight excluding hydrogens is 306 g/mol. The van der Waals surface area contributed by atoms with Crippen LogP contribution in [0.3, 0.4) is 0 Å². The lowest BCUT2D eigenvalue weighted by atomic mass is 10.0. The first kappa shape index (κ1) is 15.2. The van der Waals surface area contributed by atoms with E-state index in [-0.39, 0.29) is 0 Å². The van der Waals surface area contributed by atoms with Gasteiger partial charge in [-0.15, -0.1) is 0 Å². The number of rotatable bonds is 4. The summed E-state index contributed by atoms with van der Waals surface area (Å²) in [5, 5.41) is 9.86. The van der Waals surface area contributed by atoms with Crippen molar-refractivity contribution in [2.45, 2.75) is 6.92 Å². The maximum Gasteiger partial charge on any atom is 0.186 e. The van der Waals surface area contributed by atoms with Crippen LogP contribution in [0.5, 0.6) is 0 Å². The summed E-state index contributed by atoms with van der Waals surface area (Å²) in [6.07, 6.45) is 1.61. The van der Waals surface area contributed by atoms with Crippen LogP contribution < -0.4 is 10.7 Å². The van der Waals surface area contributed by atoms with E-state index in [9.17, 15) is 0 Å². The predicted octanol–water partition coefficient (Wildman–Crippen LogP) is 3.92. The van der Waals surface area contributed by atoms with Crippen LogP contribution in [-0.4, -0.2) is 17.9 Å². The molecule has 23 heavy (non-hydrogen) atoms. The second kappa shape index (κ2) is 7.07. The Morgan fingerprint density at radius 2 is 1.96 bits per heavy atom. The summed E-state index contributed by atoms with van der Waals surface area (Å²) in [5.74, 6) is 1.48. The number of benzene rings is 2. The SMILES string of the molecule is CCNC(=S)N/N=C/c1ccc(-c2cccc3ccccc23)o1. The van der Waals surface area contributed by atoms with Gasteiger partial charge in [0.05, 0.1) is 6.21 Å². The Morgan fingerprint density at radius 1 is 1.13 bits per heavy atom. The molecule has 0 saturated carbocycles. The van der Waals surface area contributed by atoms with E-state index in [1.54, 1.807) is 6.21 Å². The number of nitrogens with one attached hydrogen (secondary N) is 2. The Labute approximate surface area is 140 Å². The van der Waals surface area contributed by atoms with Gasteiger partial charge in [0.15, 0.2) is 5.11 Å². The molecule has 3 rings (SSSR count). The summed E-state index contributed by atoms with van der Waals surface area (Å²) in [5.41, 5.74) is 3.81. The van der Waals surface area contributed by atoms with Crippen LogP contribution >= 0.6 is 12.2 Å². The number of furan rings is 1. The summed E-state index contributed by atoms with van der Waals surface area (Å²) in [4.78, 5) is 0. The fraction of sp³-hybridized carbons (Fsp3) is 0.111. The Balaban J connectivity index is 1.81. The molecule has 116 valence electrons. The molecular formula is C18H17N3OS. The molecule has 0 atom stereocenters. The van der Waals surface area contributed by atoms with E-state index >= 15 is 0 Å². The van der Waals surface area contributed by atoms with E-state index in [1.807, 2.05) is 37.3 Å². The smallest absolute Gasteiger partial charge is 0.186 e. The minimum Gasteiger partial charge on any atom is -0.455 e. The minimum atomic E-state index is 0.490. The molecule has 0 spiro atoms. The van der Waals surface area contributed by atoms with Crippen molar-refractivity contribution in [3.63, 3.8) is 0 Å². The van der Waals surface area contributed by atoms with E-state index in [0.717, 1.165) is 17.9 Å². The molecule has 4 nitrogen and oxygen atoms in total. The topological polar surface area (TPSA) is 49.6 Å². The number of fused-ring (bicyclic) bond motifs is 1. The second-order valence-corrected chi connectivity index (χ2v) is 5.37. The quantitative estimate of drug-likeness (QED) is 0.434. The summed E-state index contributed by atoms with van der Waals surface area (Å²) in [6, 6.07) is 18.3. The molecule has 0 unspecified atom stereocenters. The van der Waals surface area contributed by atoms with Crippen molar-refractivity contribution >= 4 is 34.3 Å². The summed E-state index contributed by atoms with van der Waals surface area (Å²) in [6.45, 7) is 2.73. The maximum atomic E-state index is 5.87. The predicted molar refractivity (Wildman–Crippen MR) is 98.7 cm³/mol. The number of thiocarbonyl (C=S) groups is 1. The van der Waals surface area contributed by atoms with Gasteiger partial charge in [-0.1, -0.05) is 42.5 Å². The molecule has 1 heterocycles. The molecule has 0 radical (unpaired) electrons. The number of hydrogen-bond acceptors (Lipinski definition) is 3. The third kappa shape index (κ3) is 3.57. The Bertz CT molecular complexity index is 849. The van der Waals surface area contributed by atoms with Crippen LogP contribution in [0.25, 0.3) is 22.1 Å². The first-order chi connectivity index (χ1) is 11.3. The second-order valence-electron chi connectivity index (χ2n) is 4.96. The average Bonchev–Trinajstić information content (AvgIpc) is 3.03. The third-order valence-electron chi connectivity index (χ3n) is 3.38. The summed E-state index contributed by atoms with van der Waals surface area (Å²) < 4.78 is 5.87. The fourth-order valence-corrected chi connectivity index (χ4v) is 2.56. The Hall–Kier alpha value is -2.66. The van der Waals surface area contributed by atoms with Crippen LogP contribution in [0, 0.1) is 0 Å². The molecule has 0 aliphatic rings. The molecule has 1 aromatic heterocycles. The first-order valence-electron chi connectivity index (χ1n) is 7.43. The van der Waals surface area contributed by atoms with E-state index in [2.05, 4.69) is 40.1 Å². The van der Waals surface area contributed by atoms with Crippen molar-refractivity contribution < 1.29 is 4.42 Å². The lowest BCUT2D eigenvalue weighted by Crippen LogP contribution is -2.31. The van der Waals surface area contributed by atoms with Crippen LogP contribution in [0.4, 0.5) is 0 Å². The largest absolute Gasteiger partial charge is 0.455 e. The van der Waals surface area contributed by atoms with Crippen LogP contribution in [0.1, 0.15) is 12.7 Å². The average molecular weight is 323 g/mol. The molecule has 0 saturated heterocycles. The summed E-state index contributed by atoms with van der Waals surface area (Å²) in [7, 11) is 0. The lowest BCUT2D eigenvalue weighted by molar-refractivity contribution is 0.575. The lowest BCUT2D eigenvalue weighted by Gasteiger charge is -2.03. The van der Waals surface area contributed by atoms with Gasteiger partial charge in [-0.2, -0.15) is 5.10 Å². The van der Waals surface area contributed by atoms with Crippen molar-refractivity contribution in [3.8, 4) is 11.3 Å². The van der Waals surface area contributed by atoms with Crippen molar-refractivity contribution in [3.05, 3.63) is 60.4 Å². The number of nitrogens with zero attached hydrogens (tertiary/aromatic N) is 1. The van der Waals surface area contributed by atoms with Crippen LogP contribution in [0.15, 0.2) is 64.1 Å². The maximum absolute atomic E-state index is 5.87. The normalized spacial score (nSPS) is 11.0. The van der Waals surface area contributed by atoms with E-state index in [4.69, 9.17) is 16.6 Å². The monoisotopic (exact) mass is 323 g/mol. The highest BCUT2D eigenvalue weighted by molar-refractivity contribution is 7.80. The van der Waals surface area contributed by atoms with Crippen molar-refractivity contribution in [1.82, 2.24) is 10.7 Å². The third-order valence-corrected chi connectivity index (χ3v) is 3.61. The first-order valence-corrected chi connectivity index (χ1v) is 7.83. The van der Waals surface area contributed by atoms with Gasteiger partial charge in [0, 0.05) is 12.1 Å². The highest BCUT2D eigenvalue weighted by Gasteiger charge is 2.07. The molecule has 0 bridgehead atoms. The molecule has 0 aliphatic carbocycles. The zero-order valence-corrected chi connectivity index (χ0v) is 13.6. The van der Waals surface area contributed by atoms with Crippen LogP contribution in [0.2, 0.25) is 0 Å². The van der Waals surface area contributed by atoms with Crippen molar-refractivity contribution in [1.29, 1.82) is 0 Å². The fourth-order valence-electron chi connectivity index (χ4n) is 2.36. The van der Waals surface area contributed by atoms with Crippen molar-refractivity contribution in [2.75, 3.05) is 6.54 Å². The number of hydrazone groups is 1. The highest BCUT2D eigenvalue weighted by Crippen LogP contribution is 2.29. The zero-order chi connectivity index (χ0) is 16.1. The van der Waals surface area contributed by atoms with Gasteiger partial charge in [-0.05, 0) is 42.0 Å². The number of hydrogen-bond donors (Lipinski definition) is 2. The Morgan fingerprint density at radius 3 is 2.83 bits per heavy atom. The van der Waals surface area contributed by atoms with Gasteiger partial charge < -0.3 is 9.73 Å². The molecule has 0 amide bonds. The Kier molecular flexibility index (Phi) is 4.68. The highest BCUT2D eigenvalue weighted by atomic mass is 32.1. The van der Waals surface area contributed by atoms with Crippen LogP contribution in [-0.2, 0) is 0 Å². The molecule has 0 aliphatic heterocycles. The van der Waals surface area contributed by atoms with Gasteiger partial charge >= 0.3 is 0 Å². The molecule has 2 N–H and O–H groups in total. The van der Waals surface area contributed by atoms with Gasteiger partial charge in [-0.25, -0.2) is 0 Å². The molecule has 0 fully saturated rings. The van der Waals surface area contributed by atoms with Crippen molar-refractivity contribution in [2.24, 2.45) is 5.10 Å². The van der Waals surface area contributed by atoms with Gasteiger partial charge in [-0.3, -0.25) is 5.43 Å². The molecule has 3 aromatic rings. The molecule has 2 aromatic carbocycles. The van der Waals surface area contributed by atoms with Gasteiger partial charge in [0.2, 0.25) is 0 Å². The van der Waals surface area contributed by atoms with E-state index in [1.165, 1.54) is 10.8 Å². The van der Waals surface area contributed by atoms with E-state index in [0.29, 0.717) is 10.9 Å². The zero-order valence-electron chi connectivity index (χ0n) is 12.7. The minimum absolute atomic E-state index is 0.490. The summed E-state index contributed by atoms with van der Waals surface area (Å²) >= 11 is 5.04. The molecule has 5 heteroatoms. The van der Waals surface area contributed by atoms with Gasteiger partial charge in [0.25, 0.3) is 0 Å². The standard InChI is InChI=1S/C18H17N3OS/c1-2-19-18(23)21-20-12-14-10-11-17(22-14)16-9-5-7-13-6-3-4-8-15(13)16/h3-12H,2H2,1H3,(H2,19,21,23)/b20-12+. The van der Waals surface area contributed by atoms with Gasteiger partial charge in [0.1, 0.15) is 11.5 Å². The van der Waals surface area contributed by atoms with E-state index < -0.39 is 0 Å².